The van der Waals surface area contributed by atoms with Gasteiger partial charge in [-0.15, -0.1) is 0 Å². The summed E-state index contributed by atoms with van der Waals surface area (Å²) in [4.78, 5) is 0.809. The molecule has 0 bridgehead atoms. The Bertz CT molecular complexity index is 122. The van der Waals surface area contributed by atoms with Gasteiger partial charge in [-0.3, -0.25) is 0 Å². The van der Waals surface area contributed by atoms with Crippen molar-refractivity contribution >= 4 is 15.9 Å². The summed E-state index contributed by atoms with van der Waals surface area (Å²) >= 11 is 3.75. The molecule has 12 heavy (non-hydrogen) atoms. The van der Waals surface area contributed by atoms with Crippen LogP contribution in [0.5, 0.6) is 0 Å². The van der Waals surface area contributed by atoms with Crippen molar-refractivity contribution in [3.63, 3.8) is 0 Å². The van der Waals surface area contributed by atoms with E-state index in [-0.39, 0.29) is 0 Å². The van der Waals surface area contributed by atoms with Gasteiger partial charge in [0.05, 0.1) is 0 Å². The van der Waals surface area contributed by atoms with Crippen LogP contribution in [0, 0.1) is 11.8 Å². The van der Waals surface area contributed by atoms with E-state index in [0.29, 0.717) is 0 Å². The molecule has 1 rings (SSSR count). The van der Waals surface area contributed by atoms with E-state index < -0.39 is 0 Å². The van der Waals surface area contributed by atoms with Crippen LogP contribution in [0.4, 0.5) is 0 Å². The van der Waals surface area contributed by atoms with Crippen LogP contribution in [0.15, 0.2) is 0 Å². The lowest BCUT2D eigenvalue weighted by Crippen LogP contribution is -2.10. The van der Waals surface area contributed by atoms with Gasteiger partial charge in [0.15, 0.2) is 0 Å². The fourth-order valence-electron chi connectivity index (χ4n) is 2.26. The molecule has 1 aliphatic carbocycles. The van der Waals surface area contributed by atoms with Crippen molar-refractivity contribution in [2.45, 2.75) is 57.2 Å². The molecule has 0 spiro atoms. The van der Waals surface area contributed by atoms with Gasteiger partial charge in [-0.1, -0.05) is 55.5 Å². The molecule has 0 aromatic carbocycles. The minimum Gasteiger partial charge on any atom is -0.0888 e. The van der Waals surface area contributed by atoms with Crippen LogP contribution in [0.25, 0.3) is 0 Å². The minimum atomic E-state index is 0.809. The van der Waals surface area contributed by atoms with Crippen molar-refractivity contribution in [3.8, 4) is 0 Å². The lowest BCUT2D eigenvalue weighted by Gasteiger charge is -2.16. The minimum absolute atomic E-state index is 0.809. The number of alkyl halides is 1. The van der Waals surface area contributed by atoms with Crippen molar-refractivity contribution in [3.05, 3.63) is 0 Å². The van der Waals surface area contributed by atoms with E-state index in [1.165, 1.54) is 38.5 Å². The molecule has 72 valence electrons. The van der Waals surface area contributed by atoms with Crippen molar-refractivity contribution in [1.29, 1.82) is 0 Å². The van der Waals surface area contributed by atoms with E-state index in [0.717, 1.165) is 16.7 Å². The first kappa shape index (κ1) is 10.6. The molecular formula is C11H21Br. The standard InChI is InChI=1S/C11H21Br/c1-3-4-5-6-10-7-8-11(12)9(10)2/h9-11H,3-8H2,1-2H3. The molecule has 1 heteroatoms. The number of unbranched alkanes of at least 4 members (excludes halogenated alkanes) is 2. The van der Waals surface area contributed by atoms with Crippen LogP contribution >= 0.6 is 15.9 Å². The predicted molar refractivity (Wildman–Crippen MR) is 58.7 cm³/mol. The maximum absolute atomic E-state index is 3.75. The summed E-state index contributed by atoms with van der Waals surface area (Å²) in [6.07, 6.45) is 8.57. The van der Waals surface area contributed by atoms with E-state index in [9.17, 15) is 0 Å². The quantitative estimate of drug-likeness (QED) is 0.499. The second kappa shape index (κ2) is 5.26. The summed E-state index contributed by atoms with van der Waals surface area (Å²) in [5, 5.41) is 0. The summed E-state index contributed by atoms with van der Waals surface area (Å²) in [5.74, 6) is 1.93. The zero-order valence-corrected chi connectivity index (χ0v) is 9.94. The molecule has 3 atom stereocenters. The van der Waals surface area contributed by atoms with Crippen molar-refractivity contribution < 1.29 is 0 Å². The molecule has 0 aromatic rings. The van der Waals surface area contributed by atoms with Crippen LogP contribution in [0.1, 0.15) is 52.4 Å². The molecule has 1 saturated carbocycles. The number of halogens is 1. The Morgan fingerprint density at radius 2 is 2.00 bits per heavy atom. The fourth-order valence-corrected chi connectivity index (χ4v) is 2.95. The Hall–Kier alpha value is 0.480. The highest BCUT2D eigenvalue weighted by Crippen LogP contribution is 2.39. The lowest BCUT2D eigenvalue weighted by atomic mass is 9.92. The Balaban J connectivity index is 2.16. The molecule has 0 heterocycles. The highest BCUT2D eigenvalue weighted by atomic mass is 79.9. The van der Waals surface area contributed by atoms with E-state index >= 15 is 0 Å². The first-order chi connectivity index (χ1) is 5.75. The maximum Gasteiger partial charge on any atom is 0.0174 e. The zero-order chi connectivity index (χ0) is 8.97. The molecule has 3 unspecified atom stereocenters. The van der Waals surface area contributed by atoms with Gasteiger partial charge >= 0.3 is 0 Å². The summed E-state index contributed by atoms with van der Waals surface area (Å²) in [6.45, 7) is 4.69. The predicted octanol–water partition coefficient (Wildman–Crippen LogP) is 4.38. The van der Waals surface area contributed by atoms with Crippen molar-refractivity contribution in [1.82, 2.24) is 0 Å². The topological polar surface area (TPSA) is 0 Å². The lowest BCUT2D eigenvalue weighted by molar-refractivity contribution is 0.381. The van der Waals surface area contributed by atoms with E-state index in [1.807, 2.05) is 0 Å². The molecule has 0 saturated heterocycles. The smallest absolute Gasteiger partial charge is 0.0174 e. The highest BCUT2D eigenvalue weighted by Gasteiger charge is 2.29. The Morgan fingerprint density at radius 1 is 1.25 bits per heavy atom. The van der Waals surface area contributed by atoms with E-state index in [1.54, 1.807) is 0 Å². The van der Waals surface area contributed by atoms with Crippen LogP contribution < -0.4 is 0 Å². The number of hydrogen-bond acceptors (Lipinski definition) is 0. The van der Waals surface area contributed by atoms with Crippen molar-refractivity contribution in [2.75, 3.05) is 0 Å². The largest absolute Gasteiger partial charge is 0.0888 e. The molecule has 0 amide bonds. The van der Waals surface area contributed by atoms with Gasteiger partial charge in [-0.25, -0.2) is 0 Å². The molecule has 0 N–H and O–H groups in total. The first-order valence-electron chi connectivity index (χ1n) is 5.39. The third-order valence-corrected chi connectivity index (χ3v) is 4.60. The normalized spacial score (nSPS) is 35.8. The molecule has 1 aliphatic rings. The fraction of sp³-hybridized carbons (Fsp3) is 1.00. The molecule has 0 radical (unpaired) electrons. The van der Waals surface area contributed by atoms with Gasteiger partial charge in [0.2, 0.25) is 0 Å². The average Bonchev–Trinajstić information content (AvgIpc) is 2.36. The monoisotopic (exact) mass is 232 g/mol. The van der Waals surface area contributed by atoms with E-state index in [4.69, 9.17) is 0 Å². The third kappa shape index (κ3) is 2.76. The summed E-state index contributed by atoms with van der Waals surface area (Å²) in [5.41, 5.74) is 0. The Labute approximate surface area is 85.3 Å². The first-order valence-corrected chi connectivity index (χ1v) is 6.31. The van der Waals surface area contributed by atoms with E-state index in [2.05, 4.69) is 29.8 Å². The van der Waals surface area contributed by atoms with Gasteiger partial charge < -0.3 is 0 Å². The van der Waals surface area contributed by atoms with Gasteiger partial charge in [-0.05, 0) is 24.7 Å². The molecule has 0 aliphatic heterocycles. The third-order valence-electron chi connectivity index (χ3n) is 3.31. The molecule has 0 aromatic heterocycles. The number of rotatable bonds is 4. The second-order valence-electron chi connectivity index (χ2n) is 4.21. The van der Waals surface area contributed by atoms with Gasteiger partial charge in [0.1, 0.15) is 0 Å². The van der Waals surface area contributed by atoms with Gasteiger partial charge in [0, 0.05) is 4.83 Å². The Kier molecular flexibility index (Phi) is 4.63. The summed E-state index contributed by atoms with van der Waals surface area (Å²) in [7, 11) is 0. The van der Waals surface area contributed by atoms with Crippen molar-refractivity contribution in [2.24, 2.45) is 11.8 Å². The molecular weight excluding hydrogens is 212 g/mol. The Morgan fingerprint density at radius 3 is 2.50 bits per heavy atom. The zero-order valence-electron chi connectivity index (χ0n) is 8.35. The number of hydrogen-bond donors (Lipinski definition) is 0. The maximum atomic E-state index is 3.75. The summed E-state index contributed by atoms with van der Waals surface area (Å²) < 4.78 is 0. The SMILES string of the molecule is CCCCCC1CCC(Br)C1C. The van der Waals surface area contributed by atoms with Gasteiger partial charge in [-0.2, -0.15) is 0 Å². The van der Waals surface area contributed by atoms with Crippen LogP contribution in [-0.4, -0.2) is 4.83 Å². The van der Waals surface area contributed by atoms with Crippen LogP contribution in [0.3, 0.4) is 0 Å². The van der Waals surface area contributed by atoms with Crippen LogP contribution in [-0.2, 0) is 0 Å². The average molecular weight is 233 g/mol. The summed E-state index contributed by atoms with van der Waals surface area (Å²) in [6, 6.07) is 0. The molecule has 1 fully saturated rings. The van der Waals surface area contributed by atoms with Crippen LogP contribution in [0.2, 0.25) is 0 Å². The highest BCUT2D eigenvalue weighted by molar-refractivity contribution is 9.09. The van der Waals surface area contributed by atoms with Gasteiger partial charge in [0.25, 0.3) is 0 Å². The second-order valence-corrected chi connectivity index (χ2v) is 5.38. The molecule has 0 nitrogen and oxygen atoms in total.